The summed E-state index contributed by atoms with van der Waals surface area (Å²) in [6.07, 6.45) is 3.01. The number of fused-ring (bicyclic) bond motifs is 1. The summed E-state index contributed by atoms with van der Waals surface area (Å²) in [4.78, 5) is 9.00. The molecule has 0 aliphatic carbocycles. The van der Waals surface area contributed by atoms with Crippen molar-refractivity contribution in [2.24, 2.45) is 13.0 Å². The first-order valence-electron chi connectivity index (χ1n) is 6.99. The predicted octanol–water partition coefficient (Wildman–Crippen LogP) is 2.36. The number of aromatic nitrogens is 4. The molecule has 1 atom stereocenters. The molecule has 0 saturated carbocycles. The van der Waals surface area contributed by atoms with Crippen LogP contribution in [0, 0.1) is 5.92 Å². The number of hydrogen-bond acceptors (Lipinski definition) is 5. The molecule has 20 heavy (non-hydrogen) atoms. The summed E-state index contributed by atoms with van der Waals surface area (Å²) in [5.74, 6) is 2.10. The van der Waals surface area contributed by atoms with Crippen molar-refractivity contribution in [1.82, 2.24) is 19.7 Å². The highest BCUT2D eigenvalue weighted by Gasteiger charge is 2.12. The van der Waals surface area contributed by atoms with Crippen LogP contribution in [0.3, 0.4) is 0 Å². The van der Waals surface area contributed by atoms with E-state index < -0.39 is 0 Å². The monoisotopic (exact) mass is 277 g/mol. The third kappa shape index (κ3) is 3.25. The van der Waals surface area contributed by atoms with E-state index in [2.05, 4.69) is 41.2 Å². The maximum Gasteiger partial charge on any atom is 0.163 e. The van der Waals surface area contributed by atoms with Gasteiger partial charge < -0.3 is 10.1 Å². The molecule has 0 aliphatic heterocycles. The number of aryl methyl sites for hydroxylation is 1. The Kier molecular flexibility index (Phi) is 4.54. The summed E-state index contributed by atoms with van der Waals surface area (Å²) in [6.45, 7) is 6.89. The SMILES string of the molecule is CNc1nc(COC(C)CC(C)C)nc2c1cnn2C. The van der Waals surface area contributed by atoms with Crippen LogP contribution >= 0.6 is 0 Å². The topological polar surface area (TPSA) is 64.9 Å². The highest BCUT2D eigenvalue weighted by atomic mass is 16.5. The van der Waals surface area contributed by atoms with E-state index in [0.717, 1.165) is 23.3 Å². The highest BCUT2D eigenvalue weighted by molar-refractivity contribution is 5.86. The van der Waals surface area contributed by atoms with Crippen LogP contribution in [0.1, 0.15) is 33.0 Å². The lowest BCUT2D eigenvalue weighted by Gasteiger charge is -2.15. The molecule has 0 saturated heterocycles. The zero-order valence-corrected chi connectivity index (χ0v) is 12.8. The molecule has 6 heteroatoms. The van der Waals surface area contributed by atoms with E-state index in [-0.39, 0.29) is 6.10 Å². The summed E-state index contributed by atoms with van der Waals surface area (Å²) in [6, 6.07) is 0. The van der Waals surface area contributed by atoms with Crippen molar-refractivity contribution in [3.63, 3.8) is 0 Å². The van der Waals surface area contributed by atoms with Gasteiger partial charge in [-0.05, 0) is 19.3 Å². The van der Waals surface area contributed by atoms with Crippen LogP contribution in [0.5, 0.6) is 0 Å². The predicted molar refractivity (Wildman–Crippen MR) is 79.6 cm³/mol. The second-order valence-corrected chi connectivity index (χ2v) is 5.50. The van der Waals surface area contributed by atoms with Gasteiger partial charge in [-0.2, -0.15) is 5.10 Å². The molecule has 2 heterocycles. The molecule has 0 aromatic carbocycles. The molecule has 1 unspecified atom stereocenters. The van der Waals surface area contributed by atoms with E-state index in [1.165, 1.54) is 0 Å². The maximum absolute atomic E-state index is 5.82. The molecule has 0 bridgehead atoms. The smallest absolute Gasteiger partial charge is 0.163 e. The van der Waals surface area contributed by atoms with Gasteiger partial charge in [0.15, 0.2) is 11.5 Å². The number of ether oxygens (including phenoxy) is 1. The summed E-state index contributed by atoms with van der Waals surface area (Å²) in [7, 11) is 3.72. The van der Waals surface area contributed by atoms with Crippen molar-refractivity contribution in [2.75, 3.05) is 12.4 Å². The number of nitrogens with zero attached hydrogens (tertiary/aromatic N) is 4. The molecule has 0 aliphatic rings. The minimum atomic E-state index is 0.207. The number of rotatable bonds is 6. The first kappa shape index (κ1) is 14.7. The Morgan fingerprint density at radius 3 is 2.70 bits per heavy atom. The van der Waals surface area contributed by atoms with Crippen LogP contribution < -0.4 is 5.32 Å². The molecule has 2 aromatic rings. The lowest BCUT2D eigenvalue weighted by atomic mass is 10.1. The lowest BCUT2D eigenvalue weighted by molar-refractivity contribution is 0.0361. The van der Waals surface area contributed by atoms with Gasteiger partial charge in [-0.15, -0.1) is 0 Å². The van der Waals surface area contributed by atoms with Crippen LogP contribution in [0.15, 0.2) is 6.20 Å². The van der Waals surface area contributed by atoms with E-state index in [1.54, 1.807) is 10.9 Å². The van der Waals surface area contributed by atoms with E-state index in [9.17, 15) is 0 Å². The molecule has 6 nitrogen and oxygen atoms in total. The Morgan fingerprint density at radius 1 is 1.30 bits per heavy atom. The Balaban J connectivity index is 2.16. The molecule has 0 spiro atoms. The van der Waals surface area contributed by atoms with Crippen molar-refractivity contribution in [1.29, 1.82) is 0 Å². The van der Waals surface area contributed by atoms with Crippen molar-refractivity contribution in [3.05, 3.63) is 12.0 Å². The summed E-state index contributed by atoms with van der Waals surface area (Å²) < 4.78 is 7.57. The molecule has 0 fully saturated rings. The summed E-state index contributed by atoms with van der Waals surface area (Å²) in [5, 5.41) is 8.22. The third-order valence-corrected chi connectivity index (χ3v) is 3.18. The van der Waals surface area contributed by atoms with Gasteiger partial charge in [-0.25, -0.2) is 9.97 Å². The number of hydrogen-bond donors (Lipinski definition) is 1. The zero-order valence-electron chi connectivity index (χ0n) is 12.8. The molecule has 2 rings (SSSR count). The molecule has 0 amide bonds. The maximum atomic E-state index is 5.82. The minimum absolute atomic E-state index is 0.207. The van der Waals surface area contributed by atoms with Gasteiger partial charge in [0, 0.05) is 14.1 Å². The van der Waals surface area contributed by atoms with Crippen LogP contribution in [0.2, 0.25) is 0 Å². The molecule has 1 N–H and O–H groups in total. The van der Waals surface area contributed by atoms with Crippen LogP contribution in [-0.4, -0.2) is 32.9 Å². The Morgan fingerprint density at radius 2 is 2.05 bits per heavy atom. The second-order valence-electron chi connectivity index (χ2n) is 5.50. The van der Waals surface area contributed by atoms with E-state index >= 15 is 0 Å². The van der Waals surface area contributed by atoms with Gasteiger partial charge in [-0.1, -0.05) is 13.8 Å². The van der Waals surface area contributed by atoms with Crippen molar-refractivity contribution in [3.8, 4) is 0 Å². The standard InChI is InChI=1S/C14H23N5O/c1-9(2)6-10(3)20-8-12-17-13(15-4)11-7-16-19(5)14(11)18-12/h7,9-10H,6,8H2,1-5H3,(H,15,17,18). The van der Waals surface area contributed by atoms with E-state index in [1.807, 2.05) is 14.1 Å². The van der Waals surface area contributed by atoms with Gasteiger partial charge in [0.05, 0.1) is 17.7 Å². The van der Waals surface area contributed by atoms with Crippen molar-refractivity contribution < 1.29 is 4.74 Å². The Bertz CT molecular complexity index is 578. The van der Waals surface area contributed by atoms with Gasteiger partial charge in [-0.3, -0.25) is 4.68 Å². The quantitative estimate of drug-likeness (QED) is 0.878. The van der Waals surface area contributed by atoms with Gasteiger partial charge in [0.25, 0.3) is 0 Å². The van der Waals surface area contributed by atoms with Crippen LogP contribution in [0.25, 0.3) is 11.0 Å². The van der Waals surface area contributed by atoms with E-state index in [0.29, 0.717) is 18.3 Å². The molecule has 110 valence electrons. The normalized spacial score (nSPS) is 13.1. The first-order chi connectivity index (χ1) is 9.51. The fraction of sp³-hybridized carbons (Fsp3) is 0.643. The van der Waals surface area contributed by atoms with Gasteiger partial charge >= 0.3 is 0 Å². The van der Waals surface area contributed by atoms with E-state index in [4.69, 9.17) is 4.74 Å². The number of nitrogens with one attached hydrogen (secondary N) is 1. The van der Waals surface area contributed by atoms with Crippen molar-refractivity contribution in [2.45, 2.75) is 39.9 Å². The fourth-order valence-electron chi connectivity index (χ4n) is 2.27. The molecule has 2 aromatic heterocycles. The Labute approximate surface area is 119 Å². The molecular weight excluding hydrogens is 254 g/mol. The van der Waals surface area contributed by atoms with Gasteiger partial charge in [0.2, 0.25) is 0 Å². The third-order valence-electron chi connectivity index (χ3n) is 3.18. The highest BCUT2D eigenvalue weighted by Crippen LogP contribution is 2.19. The minimum Gasteiger partial charge on any atom is -0.372 e. The molecular formula is C14H23N5O. The van der Waals surface area contributed by atoms with Crippen LogP contribution in [0.4, 0.5) is 5.82 Å². The van der Waals surface area contributed by atoms with Crippen LogP contribution in [-0.2, 0) is 18.4 Å². The Hall–Kier alpha value is -1.69. The first-order valence-corrected chi connectivity index (χ1v) is 6.99. The average Bonchev–Trinajstić information content (AvgIpc) is 2.77. The van der Waals surface area contributed by atoms with Crippen molar-refractivity contribution >= 4 is 16.9 Å². The summed E-state index contributed by atoms with van der Waals surface area (Å²) in [5.41, 5.74) is 0.819. The molecule has 0 radical (unpaired) electrons. The average molecular weight is 277 g/mol. The zero-order chi connectivity index (χ0) is 14.7. The lowest BCUT2D eigenvalue weighted by Crippen LogP contribution is -2.13. The number of anilines is 1. The largest absolute Gasteiger partial charge is 0.372 e. The fourth-order valence-corrected chi connectivity index (χ4v) is 2.27. The van der Waals surface area contributed by atoms with Gasteiger partial charge in [0.1, 0.15) is 12.4 Å². The second kappa shape index (κ2) is 6.17. The summed E-state index contributed by atoms with van der Waals surface area (Å²) >= 11 is 0.